The number of hydrogen-bond acceptors (Lipinski definition) is 4. The van der Waals surface area contributed by atoms with Gasteiger partial charge in [0.15, 0.2) is 0 Å². The molecule has 0 fully saturated rings. The molecule has 0 heterocycles. The summed E-state index contributed by atoms with van der Waals surface area (Å²) in [6.45, 7) is 3.91. The summed E-state index contributed by atoms with van der Waals surface area (Å²) in [5.41, 5.74) is 1.43. The Bertz CT molecular complexity index is 782. The quantitative estimate of drug-likeness (QED) is 0.843. The van der Waals surface area contributed by atoms with Crippen LogP contribution in [-0.2, 0) is 4.79 Å². The van der Waals surface area contributed by atoms with E-state index < -0.39 is 5.97 Å². The van der Waals surface area contributed by atoms with Crippen molar-refractivity contribution in [1.29, 1.82) is 0 Å². The summed E-state index contributed by atoms with van der Waals surface area (Å²) in [6.07, 6.45) is 0.404. The zero-order chi connectivity index (χ0) is 18.4. The second-order valence-corrected chi connectivity index (χ2v) is 6.05. The van der Waals surface area contributed by atoms with Crippen molar-refractivity contribution in [1.82, 2.24) is 0 Å². The Morgan fingerprint density at radius 1 is 0.920 bits per heavy atom. The normalized spacial score (nSPS) is 10.4. The lowest BCUT2D eigenvalue weighted by molar-refractivity contribution is -0.255. The largest absolute Gasteiger partial charge is 0.545 e. The number of aromatic carboxylic acids is 1. The molecule has 0 saturated heterocycles. The zero-order valence-corrected chi connectivity index (χ0v) is 14.0. The summed E-state index contributed by atoms with van der Waals surface area (Å²) in [5.74, 6) is -1.50. The summed E-state index contributed by atoms with van der Waals surface area (Å²) in [4.78, 5) is 34.8. The van der Waals surface area contributed by atoms with Gasteiger partial charge in [0.05, 0.1) is 5.97 Å². The predicted octanol–water partition coefficient (Wildman–Crippen LogP) is 2.29. The number of carbonyl (C=O) groups excluding carboxylic acids is 3. The minimum atomic E-state index is -1.28. The lowest BCUT2D eigenvalue weighted by Crippen LogP contribution is -2.22. The van der Waals surface area contributed by atoms with Gasteiger partial charge in [-0.3, -0.25) is 9.59 Å². The van der Waals surface area contributed by atoms with Crippen LogP contribution >= 0.6 is 0 Å². The van der Waals surface area contributed by atoms with E-state index in [1.165, 1.54) is 24.3 Å². The van der Waals surface area contributed by atoms with Gasteiger partial charge >= 0.3 is 0 Å². The third kappa shape index (κ3) is 5.46. The number of anilines is 2. The Balaban J connectivity index is 2.05. The fraction of sp³-hybridized carbons (Fsp3) is 0.211. The highest BCUT2D eigenvalue weighted by molar-refractivity contribution is 6.05. The van der Waals surface area contributed by atoms with E-state index in [1.807, 2.05) is 13.8 Å². The average molecular weight is 339 g/mol. The van der Waals surface area contributed by atoms with E-state index >= 15 is 0 Å². The summed E-state index contributed by atoms with van der Waals surface area (Å²) >= 11 is 0. The Morgan fingerprint density at radius 3 is 2.20 bits per heavy atom. The maximum atomic E-state index is 12.3. The molecule has 0 atom stereocenters. The van der Waals surface area contributed by atoms with Gasteiger partial charge in [-0.15, -0.1) is 0 Å². The van der Waals surface area contributed by atoms with Crippen LogP contribution in [0, 0.1) is 5.92 Å². The molecule has 2 aromatic rings. The molecule has 2 N–H and O–H groups in total. The Kier molecular flexibility index (Phi) is 5.89. The zero-order valence-electron chi connectivity index (χ0n) is 14.0. The molecule has 0 aliphatic heterocycles. The Labute approximate surface area is 145 Å². The smallest absolute Gasteiger partial charge is 0.255 e. The fourth-order valence-corrected chi connectivity index (χ4v) is 2.21. The first-order valence-electron chi connectivity index (χ1n) is 7.88. The number of carbonyl (C=O) groups is 3. The highest BCUT2D eigenvalue weighted by Crippen LogP contribution is 2.15. The van der Waals surface area contributed by atoms with E-state index in [0.717, 1.165) is 0 Å². The maximum absolute atomic E-state index is 12.3. The molecule has 0 saturated carbocycles. The standard InChI is InChI=1S/C19H20N2O4/c1-12(2)10-17(22)20-16-5-3-4-14(11-16)18(23)21-15-8-6-13(7-9-15)19(24)25/h3-9,11-12H,10H2,1-2H3,(H,20,22)(H,21,23)(H,24,25)/p-1. The minimum absolute atomic E-state index is 0.0351. The van der Waals surface area contributed by atoms with Gasteiger partial charge in [0.1, 0.15) is 0 Å². The first-order chi connectivity index (χ1) is 11.8. The maximum Gasteiger partial charge on any atom is 0.255 e. The first kappa shape index (κ1) is 18.2. The molecule has 0 aromatic heterocycles. The van der Waals surface area contributed by atoms with E-state index in [0.29, 0.717) is 23.4 Å². The van der Waals surface area contributed by atoms with Crippen molar-refractivity contribution in [2.24, 2.45) is 5.92 Å². The number of hydrogen-bond donors (Lipinski definition) is 2. The van der Waals surface area contributed by atoms with Crippen molar-refractivity contribution in [3.8, 4) is 0 Å². The molecule has 130 valence electrons. The summed E-state index contributed by atoms with van der Waals surface area (Å²) in [5, 5.41) is 16.1. The van der Waals surface area contributed by atoms with Gasteiger partial charge in [-0.25, -0.2) is 0 Å². The third-order valence-electron chi connectivity index (χ3n) is 3.38. The van der Waals surface area contributed by atoms with Gasteiger partial charge in [-0.2, -0.15) is 0 Å². The number of carboxylic acids is 1. The SMILES string of the molecule is CC(C)CC(=O)Nc1cccc(C(=O)Nc2ccc(C(=O)[O-])cc2)c1. The average Bonchev–Trinajstić information content (AvgIpc) is 2.54. The lowest BCUT2D eigenvalue weighted by atomic mass is 10.1. The van der Waals surface area contributed by atoms with E-state index in [4.69, 9.17) is 0 Å². The van der Waals surface area contributed by atoms with E-state index in [1.54, 1.807) is 24.3 Å². The summed E-state index contributed by atoms with van der Waals surface area (Å²) in [7, 11) is 0. The molecular formula is C19H19N2O4-. The van der Waals surface area contributed by atoms with Crippen LogP contribution in [0.2, 0.25) is 0 Å². The number of benzene rings is 2. The summed E-state index contributed by atoms with van der Waals surface area (Å²) < 4.78 is 0. The van der Waals surface area contributed by atoms with Gasteiger partial charge in [-0.1, -0.05) is 32.0 Å². The van der Waals surface area contributed by atoms with Crippen LogP contribution in [0.25, 0.3) is 0 Å². The van der Waals surface area contributed by atoms with Gasteiger partial charge in [0, 0.05) is 23.4 Å². The summed E-state index contributed by atoms with van der Waals surface area (Å²) in [6, 6.07) is 12.3. The van der Waals surface area contributed by atoms with Crippen molar-refractivity contribution < 1.29 is 19.5 Å². The third-order valence-corrected chi connectivity index (χ3v) is 3.38. The number of nitrogens with one attached hydrogen (secondary N) is 2. The second-order valence-electron chi connectivity index (χ2n) is 6.05. The van der Waals surface area contributed by atoms with Gasteiger partial charge < -0.3 is 20.5 Å². The Morgan fingerprint density at radius 2 is 1.60 bits per heavy atom. The number of amides is 2. The molecule has 2 amide bonds. The van der Waals surface area contributed by atoms with Crippen LogP contribution in [0.4, 0.5) is 11.4 Å². The van der Waals surface area contributed by atoms with Crippen molar-refractivity contribution in [2.75, 3.05) is 10.6 Å². The van der Waals surface area contributed by atoms with Crippen LogP contribution in [0.15, 0.2) is 48.5 Å². The second kappa shape index (κ2) is 8.10. The van der Waals surface area contributed by atoms with Gasteiger partial charge in [0.2, 0.25) is 5.91 Å². The van der Waals surface area contributed by atoms with E-state index in [9.17, 15) is 19.5 Å². The molecule has 2 aromatic carbocycles. The molecule has 0 aliphatic rings. The highest BCUT2D eigenvalue weighted by atomic mass is 16.4. The first-order valence-corrected chi connectivity index (χ1v) is 7.88. The van der Waals surface area contributed by atoms with Crippen LogP contribution < -0.4 is 15.7 Å². The predicted molar refractivity (Wildman–Crippen MR) is 93.3 cm³/mol. The molecule has 6 nitrogen and oxygen atoms in total. The molecule has 0 radical (unpaired) electrons. The van der Waals surface area contributed by atoms with Gasteiger partial charge in [-0.05, 0) is 41.8 Å². The number of carboxylic acid groups (broad SMARTS) is 1. The highest BCUT2D eigenvalue weighted by Gasteiger charge is 2.09. The van der Waals surface area contributed by atoms with E-state index in [2.05, 4.69) is 10.6 Å². The lowest BCUT2D eigenvalue weighted by Gasteiger charge is -2.10. The van der Waals surface area contributed by atoms with Crippen molar-refractivity contribution in [3.05, 3.63) is 59.7 Å². The molecule has 0 aliphatic carbocycles. The van der Waals surface area contributed by atoms with Crippen molar-refractivity contribution in [2.45, 2.75) is 20.3 Å². The van der Waals surface area contributed by atoms with Crippen LogP contribution in [0.3, 0.4) is 0 Å². The van der Waals surface area contributed by atoms with Gasteiger partial charge in [0.25, 0.3) is 5.91 Å². The molecule has 2 rings (SSSR count). The molecule has 0 bridgehead atoms. The minimum Gasteiger partial charge on any atom is -0.545 e. The Hall–Kier alpha value is -3.15. The molecular weight excluding hydrogens is 320 g/mol. The fourth-order valence-electron chi connectivity index (χ4n) is 2.21. The molecule has 25 heavy (non-hydrogen) atoms. The molecule has 6 heteroatoms. The van der Waals surface area contributed by atoms with Crippen molar-refractivity contribution >= 4 is 29.2 Å². The monoisotopic (exact) mass is 339 g/mol. The van der Waals surface area contributed by atoms with Crippen LogP contribution in [0.1, 0.15) is 41.0 Å². The molecule has 0 unspecified atom stereocenters. The van der Waals surface area contributed by atoms with Crippen molar-refractivity contribution in [3.63, 3.8) is 0 Å². The molecule has 0 spiro atoms. The van der Waals surface area contributed by atoms with Crippen LogP contribution in [-0.4, -0.2) is 17.8 Å². The topological polar surface area (TPSA) is 98.3 Å². The van der Waals surface area contributed by atoms with E-state index in [-0.39, 0.29) is 23.3 Å². The van der Waals surface area contributed by atoms with Crippen LogP contribution in [0.5, 0.6) is 0 Å². The number of rotatable bonds is 6.